The molecule has 7 heteroatoms. The second-order valence-electron chi connectivity index (χ2n) is 6.02. The van der Waals surface area contributed by atoms with Crippen molar-refractivity contribution in [3.63, 3.8) is 0 Å². The molecular weight excluding hydrogens is 350 g/mol. The van der Waals surface area contributed by atoms with Gasteiger partial charge in [-0.05, 0) is 24.3 Å². The number of fused-ring (bicyclic) bond motifs is 2. The molecule has 5 rings (SSSR count). The molecule has 0 spiro atoms. The molecule has 6 nitrogen and oxygen atoms in total. The number of carbonyl (C=O) groups excluding carboxylic acids is 1. The van der Waals surface area contributed by atoms with E-state index >= 15 is 0 Å². The van der Waals surface area contributed by atoms with Gasteiger partial charge in [0.25, 0.3) is 0 Å². The van der Waals surface area contributed by atoms with Crippen molar-refractivity contribution in [3.8, 4) is 0 Å². The number of aromatic nitrogens is 2. The Hall–Kier alpha value is -3.06. The molecule has 4 aromatic rings. The summed E-state index contributed by atoms with van der Waals surface area (Å²) in [7, 11) is 0. The van der Waals surface area contributed by atoms with Crippen LogP contribution in [0.2, 0.25) is 0 Å². The minimum atomic E-state index is -0.469. The van der Waals surface area contributed by atoms with E-state index in [0.29, 0.717) is 22.5 Å². The average Bonchev–Trinajstić information content (AvgIpc) is 3.25. The van der Waals surface area contributed by atoms with E-state index in [1.807, 2.05) is 30.3 Å². The lowest BCUT2D eigenvalue weighted by atomic mass is 10.1. The molecule has 1 atom stereocenters. The molecule has 1 amide bonds. The molecule has 128 valence electrons. The number of anilines is 1. The molecule has 0 radical (unpaired) electrons. The van der Waals surface area contributed by atoms with Gasteiger partial charge in [0.2, 0.25) is 11.9 Å². The van der Waals surface area contributed by atoms with Gasteiger partial charge in [0.1, 0.15) is 17.2 Å². The van der Waals surface area contributed by atoms with Crippen LogP contribution in [0.25, 0.3) is 22.0 Å². The standard InChI is InChI=1S/C19H13N3O3S/c23-16-10-26-18(12-9-25-15-8-4-1-5-11(15)17(12)24)22(16)19-20-13-6-2-3-7-14(13)21-19/h1-9,18H,10H2,(H,20,21). The lowest BCUT2D eigenvalue weighted by Crippen LogP contribution is -2.31. The van der Waals surface area contributed by atoms with Crippen molar-refractivity contribution in [2.24, 2.45) is 0 Å². The first kappa shape index (κ1) is 15.2. The number of hydrogen-bond donors (Lipinski definition) is 1. The number of carbonyl (C=O) groups is 1. The summed E-state index contributed by atoms with van der Waals surface area (Å²) in [5, 5.41) is 0.0402. The van der Waals surface area contributed by atoms with Gasteiger partial charge < -0.3 is 9.40 Å². The number of thioether (sulfide) groups is 1. The Labute approximate surface area is 151 Å². The lowest BCUT2D eigenvalue weighted by Gasteiger charge is -2.20. The van der Waals surface area contributed by atoms with E-state index < -0.39 is 5.37 Å². The Morgan fingerprint density at radius 1 is 1.12 bits per heavy atom. The molecule has 1 N–H and O–H groups in total. The maximum Gasteiger partial charge on any atom is 0.240 e. The van der Waals surface area contributed by atoms with Gasteiger partial charge in [-0.25, -0.2) is 4.98 Å². The van der Waals surface area contributed by atoms with Crippen LogP contribution in [0, 0.1) is 0 Å². The van der Waals surface area contributed by atoms with Gasteiger partial charge in [0.15, 0.2) is 5.43 Å². The van der Waals surface area contributed by atoms with E-state index in [-0.39, 0.29) is 17.1 Å². The van der Waals surface area contributed by atoms with Crippen LogP contribution in [0.4, 0.5) is 5.95 Å². The molecule has 2 aromatic heterocycles. The predicted molar refractivity (Wildman–Crippen MR) is 101 cm³/mol. The lowest BCUT2D eigenvalue weighted by molar-refractivity contribution is -0.115. The van der Waals surface area contributed by atoms with E-state index in [0.717, 1.165) is 11.0 Å². The van der Waals surface area contributed by atoms with Crippen molar-refractivity contribution in [1.82, 2.24) is 9.97 Å². The molecule has 26 heavy (non-hydrogen) atoms. The molecule has 1 aliphatic rings. The maximum atomic E-state index is 12.9. The molecule has 2 aromatic carbocycles. The highest BCUT2D eigenvalue weighted by atomic mass is 32.2. The van der Waals surface area contributed by atoms with Crippen LogP contribution < -0.4 is 10.3 Å². The highest BCUT2D eigenvalue weighted by Gasteiger charge is 2.38. The summed E-state index contributed by atoms with van der Waals surface area (Å²) in [5.74, 6) is 0.638. The number of H-pyrrole nitrogens is 1. The van der Waals surface area contributed by atoms with Crippen molar-refractivity contribution in [2.45, 2.75) is 5.37 Å². The zero-order chi connectivity index (χ0) is 17.7. The minimum Gasteiger partial charge on any atom is -0.464 e. The number of aromatic amines is 1. The largest absolute Gasteiger partial charge is 0.464 e. The fraction of sp³-hybridized carbons (Fsp3) is 0.105. The average molecular weight is 363 g/mol. The van der Waals surface area contributed by atoms with E-state index in [9.17, 15) is 9.59 Å². The highest BCUT2D eigenvalue weighted by molar-refractivity contribution is 8.00. The predicted octanol–water partition coefficient (Wildman–Crippen LogP) is 3.45. The fourth-order valence-electron chi connectivity index (χ4n) is 3.20. The molecule has 1 fully saturated rings. The maximum absolute atomic E-state index is 12.9. The monoisotopic (exact) mass is 363 g/mol. The molecule has 3 heterocycles. The van der Waals surface area contributed by atoms with Crippen molar-refractivity contribution in [1.29, 1.82) is 0 Å². The third kappa shape index (κ3) is 2.24. The van der Waals surface area contributed by atoms with E-state index in [2.05, 4.69) is 9.97 Å². The van der Waals surface area contributed by atoms with Crippen LogP contribution in [0.5, 0.6) is 0 Å². The Bertz CT molecular complexity index is 1180. The van der Waals surface area contributed by atoms with E-state index in [1.165, 1.54) is 18.0 Å². The zero-order valence-corrected chi connectivity index (χ0v) is 14.3. The summed E-state index contributed by atoms with van der Waals surface area (Å²) in [5.41, 5.74) is 2.47. The second-order valence-corrected chi connectivity index (χ2v) is 7.09. The number of imidazole rings is 1. The van der Waals surface area contributed by atoms with Crippen LogP contribution in [-0.4, -0.2) is 21.6 Å². The Balaban J connectivity index is 1.65. The molecule has 1 unspecified atom stereocenters. The summed E-state index contributed by atoms with van der Waals surface area (Å²) < 4.78 is 5.63. The fourth-order valence-corrected chi connectivity index (χ4v) is 4.35. The van der Waals surface area contributed by atoms with E-state index in [4.69, 9.17) is 4.42 Å². The Kier molecular flexibility index (Phi) is 3.36. The van der Waals surface area contributed by atoms with E-state index in [1.54, 1.807) is 23.1 Å². The van der Waals surface area contributed by atoms with Gasteiger partial charge in [0.05, 0.1) is 27.7 Å². The highest BCUT2D eigenvalue weighted by Crippen LogP contribution is 2.40. The number of nitrogens with one attached hydrogen (secondary N) is 1. The van der Waals surface area contributed by atoms with Crippen molar-refractivity contribution < 1.29 is 9.21 Å². The Morgan fingerprint density at radius 2 is 1.92 bits per heavy atom. The smallest absolute Gasteiger partial charge is 0.240 e. The summed E-state index contributed by atoms with van der Waals surface area (Å²) in [6, 6.07) is 14.7. The number of amides is 1. The van der Waals surface area contributed by atoms with Gasteiger partial charge in [0, 0.05) is 0 Å². The number of hydrogen-bond acceptors (Lipinski definition) is 5. The van der Waals surface area contributed by atoms with Crippen molar-refractivity contribution >= 4 is 45.6 Å². The normalized spacial score (nSPS) is 17.5. The van der Waals surface area contributed by atoms with Gasteiger partial charge in [-0.2, -0.15) is 0 Å². The second kappa shape index (κ2) is 5.74. The minimum absolute atomic E-state index is 0.0911. The third-order valence-electron chi connectivity index (χ3n) is 4.45. The Morgan fingerprint density at radius 3 is 2.81 bits per heavy atom. The zero-order valence-electron chi connectivity index (χ0n) is 13.5. The summed E-state index contributed by atoms with van der Waals surface area (Å²) in [6.07, 6.45) is 1.45. The summed E-state index contributed by atoms with van der Waals surface area (Å²) in [6.45, 7) is 0. The molecular formula is C19H13N3O3S. The molecule has 0 saturated carbocycles. The summed E-state index contributed by atoms with van der Waals surface area (Å²) in [4.78, 5) is 34.7. The molecule has 0 bridgehead atoms. The van der Waals surface area contributed by atoms with Crippen LogP contribution in [0.3, 0.4) is 0 Å². The quantitative estimate of drug-likeness (QED) is 0.590. The first-order valence-electron chi connectivity index (χ1n) is 8.11. The van der Waals surface area contributed by atoms with Gasteiger partial charge in [-0.1, -0.05) is 24.3 Å². The molecule has 1 saturated heterocycles. The third-order valence-corrected chi connectivity index (χ3v) is 5.64. The van der Waals surface area contributed by atoms with Crippen LogP contribution in [-0.2, 0) is 4.79 Å². The summed E-state index contributed by atoms with van der Waals surface area (Å²) >= 11 is 1.40. The SMILES string of the molecule is O=C1CSC(c2coc3ccccc3c2=O)N1c1nc2ccccc2[nH]1. The molecule has 1 aliphatic heterocycles. The van der Waals surface area contributed by atoms with Gasteiger partial charge in [-0.3, -0.25) is 14.5 Å². The number of para-hydroxylation sites is 3. The van der Waals surface area contributed by atoms with Crippen LogP contribution in [0.1, 0.15) is 10.9 Å². The number of rotatable bonds is 2. The first-order valence-corrected chi connectivity index (χ1v) is 9.16. The van der Waals surface area contributed by atoms with Crippen LogP contribution >= 0.6 is 11.8 Å². The van der Waals surface area contributed by atoms with Crippen molar-refractivity contribution in [2.75, 3.05) is 10.7 Å². The molecule has 0 aliphatic carbocycles. The van der Waals surface area contributed by atoms with Gasteiger partial charge in [-0.15, -0.1) is 11.8 Å². The van der Waals surface area contributed by atoms with Crippen molar-refractivity contribution in [3.05, 3.63) is 70.6 Å². The number of nitrogens with zero attached hydrogens (tertiary/aromatic N) is 2. The number of benzene rings is 2. The topological polar surface area (TPSA) is 79.2 Å². The first-order chi connectivity index (χ1) is 12.7. The van der Waals surface area contributed by atoms with Gasteiger partial charge >= 0.3 is 0 Å². The van der Waals surface area contributed by atoms with Crippen LogP contribution in [0.15, 0.2) is 64.0 Å².